The van der Waals surface area contributed by atoms with Crippen LogP contribution < -0.4 is 10.6 Å². The van der Waals surface area contributed by atoms with Gasteiger partial charge in [-0.2, -0.15) is 0 Å². The third kappa shape index (κ3) is 3.97. The number of benzene rings is 1. The Labute approximate surface area is 145 Å². The molecule has 1 aliphatic rings. The first kappa shape index (κ1) is 17.0. The topological polar surface area (TPSA) is 116 Å². The fourth-order valence-corrected chi connectivity index (χ4v) is 2.93. The molecular weight excluding hydrogens is 322 g/mol. The number of aromatic hydroxyl groups is 1. The number of nitrogens with two attached hydrogens (primary N) is 1. The number of carboxylic acid groups (broad SMARTS) is 1. The van der Waals surface area contributed by atoms with E-state index in [4.69, 9.17) is 10.8 Å². The van der Waals surface area contributed by atoms with Gasteiger partial charge < -0.3 is 20.8 Å². The quantitative estimate of drug-likeness (QED) is 0.737. The van der Waals surface area contributed by atoms with Crippen molar-refractivity contribution in [2.24, 2.45) is 0 Å². The van der Waals surface area contributed by atoms with E-state index in [-0.39, 0.29) is 12.2 Å². The Hall–Kier alpha value is -2.87. The predicted molar refractivity (Wildman–Crippen MR) is 94.5 cm³/mol. The number of nitrogen functional groups attached to an aromatic ring is 1. The first-order valence-electron chi connectivity index (χ1n) is 8.15. The number of anilines is 2. The van der Waals surface area contributed by atoms with Gasteiger partial charge in [-0.3, -0.25) is 9.69 Å². The molecule has 2 heterocycles. The molecule has 0 unspecified atom stereocenters. The number of phenols is 1. The number of hydrogen-bond donors (Lipinski definition) is 3. The lowest BCUT2D eigenvalue weighted by atomic mass is 10.1. The van der Waals surface area contributed by atoms with E-state index >= 15 is 0 Å². The predicted octanol–water partition coefficient (Wildman–Crippen LogP) is 1.03. The first-order chi connectivity index (χ1) is 12.0. The average Bonchev–Trinajstić information content (AvgIpc) is 2.61. The number of phenolic OH excluding ortho intramolecular Hbond substituents is 1. The Morgan fingerprint density at radius 3 is 2.56 bits per heavy atom. The van der Waals surface area contributed by atoms with E-state index in [9.17, 15) is 9.90 Å². The highest BCUT2D eigenvalue weighted by Crippen LogP contribution is 2.31. The molecule has 1 aliphatic heterocycles. The number of carboxylic acids is 1. The number of para-hydroxylation sites is 1. The molecule has 1 aromatic carbocycles. The Kier molecular flexibility index (Phi) is 4.99. The summed E-state index contributed by atoms with van der Waals surface area (Å²) in [7, 11) is 0. The van der Waals surface area contributed by atoms with Crippen molar-refractivity contribution >= 4 is 17.5 Å². The van der Waals surface area contributed by atoms with Gasteiger partial charge in [0.2, 0.25) is 0 Å². The minimum absolute atomic E-state index is 0.144. The van der Waals surface area contributed by atoms with E-state index in [0.717, 1.165) is 31.9 Å². The molecule has 1 fully saturated rings. The van der Waals surface area contributed by atoms with Gasteiger partial charge in [0.15, 0.2) is 5.82 Å². The lowest BCUT2D eigenvalue weighted by Crippen LogP contribution is -2.47. The largest absolute Gasteiger partial charge is 0.507 e. The van der Waals surface area contributed by atoms with Crippen LogP contribution in [0.4, 0.5) is 11.5 Å². The van der Waals surface area contributed by atoms with Crippen molar-refractivity contribution in [3.8, 4) is 17.0 Å². The van der Waals surface area contributed by atoms with E-state index in [1.54, 1.807) is 18.2 Å². The van der Waals surface area contributed by atoms with Crippen LogP contribution in [-0.4, -0.2) is 64.0 Å². The van der Waals surface area contributed by atoms with Crippen LogP contribution in [0.25, 0.3) is 11.3 Å². The summed E-state index contributed by atoms with van der Waals surface area (Å²) in [6.07, 6.45) is 0.149. The zero-order valence-corrected chi connectivity index (χ0v) is 13.8. The molecule has 132 valence electrons. The summed E-state index contributed by atoms with van der Waals surface area (Å²) in [6, 6.07) is 8.80. The zero-order valence-electron chi connectivity index (χ0n) is 13.8. The standard InChI is InChI=1S/C17H21N5O3/c18-17-14(22-9-7-21(8-10-22)6-5-16(24)25)11-13(19-20-17)12-3-1-2-4-15(12)23/h1-4,11,23H,5-10H2,(H2,18,20)(H,24,25). The van der Waals surface area contributed by atoms with Gasteiger partial charge in [-0.25, -0.2) is 0 Å². The second kappa shape index (κ2) is 7.35. The Bertz CT molecular complexity index is 760. The highest BCUT2D eigenvalue weighted by Gasteiger charge is 2.21. The lowest BCUT2D eigenvalue weighted by Gasteiger charge is -2.36. The van der Waals surface area contributed by atoms with Crippen LogP contribution in [0, 0.1) is 0 Å². The molecule has 2 aromatic rings. The van der Waals surface area contributed by atoms with Crippen molar-refractivity contribution in [3.05, 3.63) is 30.3 Å². The number of piperazine rings is 1. The van der Waals surface area contributed by atoms with E-state index in [2.05, 4.69) is 20.0 Å². The SMILES string of the molecule is Nc1nnc(-c2ccccc2O)cc1N1CCN(CCC(=O)O)CC1. The minimum atomic E-state index is -0.780. The van der Waals surface area contributed by atoms with Gasteiger partial charge in [0.25, 0.3) is 0 Å². The van der Waals surface area contributed by atoms with Crippen LogP contribution >= 0.6 is 0 Å². The van der Waals surface area contributed by atoms with E-state index in [0.29, 0.717) is 23.6 Å². The molecule has 25 heavy (non-hydrogen) atoms. The third-order valence-corrected chi connectivity index (χ3v) is 4.34. The molecular formula is C17H21N5O3. The number of nitrogens with zero attached hydrogens (tertiary/aromatic N) is 4. The van der Waals surface area contributed by atoms with Crippen molar-refractivity contribution < 1.29 is 15.0 Å². The zero-order chi connectivity index (χ0) is 17.8. The second-order valence-corrected chi connectivity index (χ2v) is 5.99. The number of carbonyl (C=O) groups is 1. The lowest BCUT2D eigenvalue weighted by molar-refractivity contribution is -0.137. The van der Waals surface area contributed by atoms with Crippen molar-refractivity contribution in [2.75, 3.05) is 43.4 Å². The monoisotopic (exact) mass is 343 g/mol. The third-order valence-electron chi connectivity index (χ3n) is 4.34. The number of aliphatic carboxylic acids is 1. The molecule has 0 radical (unpaired) electrons. The van der Waals surface area contributed by atoms with Gasteiger partial charge in [0.1, 0.15) is 5.75 Å². The number of rotatable bonds is 5. The second-order valence-electron chi connectivity index (χ2n) is 5.99. The Morgan fingerprint density at radius 1 is 1.16 bits per heavy atom. The Balaban J connectivity index is 1.74. The molecule has 0 saturated carbocycles. The molecule has 0 aliphatic carbocycles. The fourth-order valence-electron chi connectivity index (χ4n) is 2.93. The summed E-state index contributed by atoms with van der Waals surface area (Å²) in [5, 5.41) is 26.9. The molecule has 0 spiro atoms. The van der Waals surface area contributed by atoms with Gasteiger partial charge in [0, 0.05) is 38.3 Å². The van der Waals surface area contributed by atoms with Crippen molar-refractivity contribution in [3.63, 3.8) is 0 Å². The summed E-state index contributed by atoms with van der Waals surface area (Å²) >= 11 is 0. The Morgan fingerprint density at radius 2 is 1.88 bits per heavy atom. The van der Waals surface area contributed by atoms with Crippen LogP contribution in [0.3, 0.4) is 0 Å². The summed E-state index contributed by atoms with van der Waals surface area (Å²) in [6.45, 7) is 3.55. The summed E-state index contributed by atoms with van der Waals surface area (Å²) < 4.78 is 0. The first-order valence-corrected chi connectivity index (χ1v) is 8.15. The number of hydrogen-bond acceptors (Lipinski definition) is 7. The van der Waals surface area contributed by atoms with Crippen LogP contribution in [-0.2, 0) is 4.79 Å². The van der Waals surface area contributed by atoms with E-state index < -0.39 is 5.97 Å². The average molecular weight is 343 g/mol. The molecule has 8 heteroatoms. The van der Waals surface area contributed by atoms with Gasteiger partial charge in [-0.05, 0) is 18.2 Å². The molecule has 1 saturated heterocycles. The molecule has 1 aromatic heterocycles. The summed E-state index contributed by atoms with van der Waals surface area (Å²) in [5.41, 5.74) is 7.96. The number of aromatic nitrogens is 2. The summed E-state index contributed by atoms with van der Waals surface area (Å²) in [5.74, 6) is -0.290. The van der Waals surface area contributed by atoms with Gasteiger partial charge in [-0.1, -0.05) is 12.1 Å². The molecule has 8 nitrogen and oxygen atoms in total. The van der Waals surface area contributed by atoms with Gasteiger partial charge in [0.05, 0.1) is 17.8 Å². The van der Waals surface area contributed by atoms with E-state index in [1.807, 2.05) is 12.1 Å². The molecule has 4 N–H and O–H groups in total. The smallest absolute Gasteiger partial charge is 0.304 e. The fraction of sp³-hybridized carbons (Fsp3) is 0.353. The maximum atomic E-state index is 10.7. The van der Waals surface area contributed by atoms with Crippen molar-refractivity contribution in [1.29, 1.82) is 0 Å². The van der Waals surface area contributed by atoms with Crippen molar-refractivity contribution in [1.82, 2.24) is 15.1 Å². The van der Waals surface area contributed by atoms with Crippen LogP contribution in [0.2, 0.25) is 0 Å². The normalized spacial score (nSPS) is 15.3. The molecule has 0 bridgehead atoms. The van der Waals surface area contributed by atoms with Crippen LogP contribution in [0.15, 0.2) is 30.3 Å². The van der Waals surface area contributed by atoms with Gasteiger partial charge in [-0.15, -0.1) is 10.2 Å². The minimum Gasteiger partial charge on any atom is -0.507 e. The van der Waals surface area contributed by atoms with Gasteiger partial charge >= 0.3 is 5.97 Å². The molecule has 0 atom stereocenters. The maximum absolute atomic E-state index is 10.7. The highest BCUT2D eigenvalue weighted by atomic mass is 16.4. The summed E-state index contributed by atoms with van der Waals surface area (Å²) in [4.78, 5) is 14.9. The molecule has 3 rings (SSSR count). The molecule has 0 amide bonds. The highest BCUT2D eigenvalue weighted by molar-refractivity contribution is 5.74. The van der Waals surface area contributed by atoms with Crippen LogP contribution in [0.5, 0.6) is 5.75 Å². The van der Waals surface area contributed by atoms with E-state index in [1.165, 1.54) is 0 Å². The van der Waals surface area contributed by atoms with Crippen LogP contribution in [0.1, 0.15) is 6.42 Å². The maximum Gasteiger partial charge on any atom is 0.304 e. The van der Waals surface area contributed by atoms with Crippen molar-refractivity contribution in [2.45, 2.75) is 6.42 Å².